The lowest BCUT2D eigenvalue weighted by molar-refractivity contribution is 0.673. The molecule has 0 aliphatic carbocycles. The Morgan fingerprint density at radius 1 is 1.42 bits per heavy atom. The zero-order chi connectivity index (χ0) is 14.1. The van der Waals surface area contributed by atoms with Gasteiger partial charge in [-0.2, -0.15) is 0 Å². The first-order valence-corrected chi connectivity index (χ1v) is 7.31. The van der Waals surface area contributed by atoms with Crippen molar-refractivity contribution >= 4 is 17.4 Å². The molecule has 106 valence electrons. The maximum absolute atomic E-state index is 6.34. The zero-order valence-electron chi connectivity index (χ0n) is 12.0. The predicted octanol–water partition coefficient (Wildman–Crippen LogP) is 3.64. The average Bonchev–Trinajstić information content (AvgIpc) is 2.39. The van der Waals surface area contributed by atoms with Gasteiger partial charge in [0.25, 0.3) is 0 Å². The van der Waals surface area contributed by atoms with Gasteiger partial charge >= 0.3 is 0 Å². The van der Waals surface area contributed by atoms with Crippen LogP contribution in [-0.2, 0) is 6.54 Å². The molecule has 1 rings (SSSR count). The van der Waals surface area contributed by atoms with Gasteiger partial charge in [-0.15, -0.1) is 6.58 Å². The molecule has 0 bridgehead atoms. The van der Waals surface area contributed by atoms with E-state index in [1.54, 1.807) is 0 Å². The van der Waals surface area contributed by atoms with Gasteiger partial charge in [-0.3, -0.25) is 0 Å². The Hall–Kier alpha value is -1.06. The van der Waals surface area contributed by atoms with Crippen LogP contribution in [0.1, 0.15) is 32.3 Å². The van der Waals surface area contributed by atoms with Crippen LogP contribution in [0.15, 0.2) is 24.9 Å². The third-order valence-corrected chi connectivity index (χ3v) is 3.05. The molecule has 0 saturated carbocycles. The van der Waals surface area contributed by atoms with Crippen molar-refractivity contribution in [3.05, 3.63) is 35.5 Å². The van der Waals surface area contributed by atoms with Gasteiger partial charge in [0.05, 0.1) is 5.02 Å². The molecule has 0 aliphatic rings. The molecular weight excluding hydrogens is 258 g/mol. The summed E-state index contributed by atoms with van der Waals surface area (Å²) >= 11 is 6.34. The van der Waals surface area contributed by atoms with E-state index >= 15 is 0 Å². The summed E-state index contributed by atoms with van der Waals surface area (Å²) in [5.74, 6) is 0.850. The monoisotopic (exact) mass is 281 g/mol. The Bertz CT molecular complexity index is 393. The van der Waals surface area contributed by atoms with Crippen LogP contribution >= 0.6 is 11.6 Å². The second kappa shape index (κ2) is 8.94. The van der Waals surface area contributed by atoms with Crippen molar-refractivity contribution in [1.82, 2.24) is 10.3 Å². The Labute approximate surface area is 121 Å². The number of halogens is 1. The molecule has 4 heteroatoms. The van der Waals surface area contributed by atoms with Gasteiger partial charge in [0.1, 0.15) is 5.82 Å². The summed E-state index contributed by atoms with van der Waals surface area (Å²) in [5.41, 5.74) is 1.12. The van der Waals surface area contributed by atoms with Crippen molar-refractivity contribution < 1.29 is 0 Å². The number of aromatic nitrogens is 1. The average molecular weight is 282 g/mol. The van der Waals surface area contributed by atoms with Gasteiger partial charge < -0.3 is 10.2 Å². The largest absolute Gasteiger partial charge is 0.352 e. The molecule has 1 aromatic rings. The quantitative estimate of drug-likeness (QED) is 0.553. The molecule has 3 nitrogen and oxygen atoms in total. The highest BCUT2D eigenvalue weighted by Crippen LogP contribution is 2.24. The minimum Gasteiger partial charge on any atom is -0.352 e. The molecule has 0 fully saturated rings. The van der Waals surface area contributed by atoms with Crippen LogP contribution in [-0.4, -0.2) is 24.6 Å². The van der Waals surface area contributed by atoms with Crippen LogP contribution in [0.3, 0.4) is 0 Å². The third-order valence-electron chi connectivity index (χ3n) is 2.78. The molecule has 0 spiro atoms. The normalized spacial score (nSPS) is 10.5. The van der Waals surface area contributed by atoms with Crippen molar-refractivity contribution in [3.63, 3.8) is 0 Å². The van der Waals surface area contributed by atoms with Crippen molar-refractivity contribution in [1.29, 1.82) is 0 Å². The maximum atomic E-state index is 6.34. The molecule has 0 aliphatic heterocycles. The molecule has 19 heavy (non-hydrogen) atoms. The van der Waals surface area contributed by atoms with E-state index in [-0.39, 0.29) is 0 Å². The first-order valence-electron chi connectivity index (χ1n) is 6.93. The summed E-state index contributed by atoms with van der Waals surface area (Å²) < 4.78 is 0. The Balaban J connectivity index is 2.76. The van der Waals surface area contributed by atoms with Gasteiger partial charge in [0.15, 0.2) is 0 Å². The highest BCUT2D eigenvalue weighted by Gasteiger charge is 2.10. The maximum Gasteiger partial charge on any atom is 0.147 e. The van der Waals surface area contributed by atoms with Crippen molar-refractivity contribution in [2.75, 3.05) is 24.5 Å². The van der Waals surface area contributed by atoms with Crippen molar-refractivity contribution in [2.45, 2.75) is 33.2 Å². The van der Waals surface area contributed by atoms with Gasteiger partial charge in [0, 0.05) is 25.8 Å². The summed E-state index contributed by atoms with van der Waals surface area (Å²) in [6, 6.07) is 2.00. The Morgan fingerprint density at radius 2 is 2.21 bits per heavy atom. The lowest BCUT2D eigenvalue weighted by atomic mass is 10.2. The molecule has 1 heterocycles. The molecule has 0 aromatic carbocycles. The fourth-order valence-corrected chi connectivity index (χ4v) is 2.23. The first kappa shape index (κ1) is 16.0. The van der Waals surface area contributed by atoms with E-state index in [9.17, 15) is 0 Å². The van der Waals surface area contributed by atoms with Crippen LogP contribution in [0.25, 0.3) is 0 Å². The molecule has 1 aromatic heterocycles. The van der Waals surface area contributed by atoms with E-state index in [0.717, 1.165) is 50.4 Å². The number of anilines is 1. The van der Waals surface area contributed by atoms with Gasteiger partial charge in [0.2, 0.25) is 0 Å². The minimum atomic E-state index is 0.714. The zero-order valence-corrected chi connectivity index (χ0v) is 12.7. The summed E-state index contributed by atoms with van der Waals surface area (Å²) in [6.45, 7) is 11.6. The van der Waals surface area contributed by atoms with E-state index in [1.165, 1.54) is 0 Å². The predicted molar refractivity (Wildman–Crippen MR) is 83.9 cm³/mol. The summed E-state index contributed by atoms with van der Waals surface area (Å²) in [5, 5.41) is 4.06. The SMILES string of the molecule is C=CCN(CCC)c1ncc(CNCCC)cc1Cl. The summed E-state index contributed by atoms with van der Waals surface area (Å²) in [6.07, 6.45) is 5.97. The van der Waals surface area contributed by atoms with E-state index in [4.69, 9.17) is 11.6 Å². The summed E-state index contributed by atoms with van der Waals surface area (Å²) in [7, 11) is 0. The Morgan fingerprint density at radius 3 is 2.79 bits per heavy atom. The molecule has 0 saturated heterocycles. The molecule has 0 radical (unpaired) electrons. The van der Waals surface area contributed by atoms with Crippen LogP contribution in [0.5, 0.6) is 0 Å². The molecular formula is C15H24ClN3. The number of hydrogen-bond acceptors (Lipinski definition) is 3. The van der Waals surface area contributed by atoms with E-state index in [2.05, 4.69) is 35.6 Å². The smallest absolute Gasteiger partial charge is 0.147 e. The van der Waals surface area contributed by atoms with Crippen molar-refractivity contribution in [3.8, 4) is 0 Å². The number of nitrogens with one attached hydrogen (secondary N) is 1. The van der Waals surface area contributed by atoms with Crippen LogP contribution in [0.2, 0.25) is 5.02 Å². The lowest BCUT2D eigenvalue weighted by Gasteiger charge is -2.22. The molecule has 1 N–H and O–H groups in total. The van der Waals surface area contributed by atoms with E-state index in [1.807, 2.05) is 18.3 Å². The third kappa shape index (κ3) is 5.21. The van der Waals surface area contributed by atoms with E-state index in [0.29, 0.717) is 5.02 Å². The first-order chi connectivity index (χ1) is 9.22. The molecule has 0 unspecified atom stereocenters. The Kier molecular flexibility index (Phi) is 7.53. The second-order valence-corrected chi connectivity index (χ2v) is 4.97. The molecule has 0 amide bonds. The van der Waals surface area contributed by atoms with Crippen LogP contribution < -0.4 is 10.2 Å². The number of nitrogens with zero attached hydrogens (tertiary/aromatic N) is 2. The summed E-state index contributed by atoms with van der Waals surface area (Å²) in [4.78, 5) is 6.65. The van der Waals surface area contributed by atoms with Crippen molar-refractivity contribution in [2.24, 2.45) is 0 Å². The fourth-order valence-electron chi connectivity index (χ4n) is 1.92. The standard InChI is InChI=1S/C15H24ClN3/c1-4-7-17-11-13-10-14(16)15(18-12-13)19(8-5-2)9-6-3/h5,10,12,17H,2,4,6-9,11H2,1,3H3. The van der Waals surface area contributed by atoms with Crippen LogP contribution in [0.4, 0.5) is 5.82 Å². The number of hydrogen-bond donors (Lipinski definition) is 1. The lowest BCUT2D eigenvalue weighted by Crippen LogP contribution is -2.25. The van der Waals surface area contributed by atoms with E-state index < -0.39 is 0 Å². The highest BCUT2D eigenvalue weighted by molar-refractivity contribution is 6.33. The van der Waals surface area contributed by atoms with Gasteiger partial charge in [-0.25, -0.2) is 4.98 Å². The molecule has 0 atom stereocenters. The number of rotatable bonds is 9. The van der Waals surface area contributed by atoms with Crippen LogP contribution in [0, 0.1) is 0 Å². The highest BCUT2D eigenvalue weighted by atomic mass is 35.5. The van der Waals surface area contributed by atoms with Gasteiger partial charge in [-0.05, 0) is 31.0 Å². The topological polar surface area (TPSA) is 28.2 Å². The fraction of sp³-hybridized carbons (Fsp3) is 0.533. The second-order valence-electron chi connectivity index (χ2n) is 4.56. The number of pyridine rings is 1. The van der Waals surface area contributed by atoms with Gasteiger partial charge in [-0.1, -0.05) is 31.5 Å². The minimum absolute atomic E-state index is 0.714.